The zero-order valence-electron chi connectivity index (χ0n) is 14.1. The third-order valence-corrected chi connectivity index (χ3v) is 5.90. The number of hydrogen-bond acceptors (Lipinski definition) is 6. The molecule has 0 spiro atoms. The van der Waals surface area contributed by atoms with Crippen LogP contribution in [-0.2, 0) is 20.1 Å². The second kappa shape index (κ2) is 7.66. The summed E-state index contributed by atoms with van der Waals surface area (Å²) >= 11 is 0. The van der Waals surface area contributed by atoms with Crippen molar-refractivity contribution >= 4 is 42.3 Å². The van der Waals surface area contributed by atoms with Gasteiger partial charge in [-0.05, 0) is 35.7 Å². The van der Waals surface area contributed by atoms with Gasteiger partial charge in [0, 0.05) is 11.1 Å². The van der Waals surface area contributed by atoms with E-state index in [9.17, 15) is 21.9 Å². The molecule has 3 rings (SSSR count). The largest absolute Gasteiger partial charge is 1.00 e. The maximum absolute atomic E-state index is 12.5. The van der Waals surface area contributed by atoms with Crippen molar-refractivity contribution in [2.45, 2.75) is 9.79 Å². The Labute approximate surface area is 178 Å². The van der Waals surface area contributed by atoms with Crippen LogP contribution in [0.25, 0.3) is 10.8 Å². The number of benzene rings is 3. The van der Waals surface area contributed by atoms with E-state index in [1.807, 2.05) is 0 Å². The number of fused-ring (bicyclic) bond motifs is 1. The standard InChI is InChI=1S/C16H14N2O6S2.Na/c17-14-9-11(5-7-16(14)19)25(20,21)18-15-3-1-2-10-8-12(26(22,23)24)4-6-13(10)15;/h1-9,18-19H,17H2,(H,22,23,24);/q;+1/p-1. The quantitative estimate of drug-likeness (QED) is 0.267. The van der Waals surface area contributed by atoms with Crippen molar-refractivity contribution in [3.05, 3.63) is 54.6 Å². The number of hydrogen-bond donors (Lipinski definition) is 3. The molecule has 0 saturated heterocycles. The molecule has 8 nitrogen and oxygen atoms in total. The number of rotatable bonds is 4. The van der Waals surface area contributed by atoms with Crippen LogP contribution in [0.2, 0.25) is 0 Å². The smallest absolute Gasteiger partial charge is 0.871 e. The third kappa shape index (κ3) is 4.54. The van der Waals surface area contributed by atoms with E-state index in [1.165, 1.54) is 30.3 Å². The molecule has 0 amide bonds. The summed E-state index contributed by atoms with van der Waals surface area (Å²) in [7, 11) is -8.40. The van der Waals surface area contributed by atoms with Crippen molar-refractivity contribution < 1.29 is 56.1 Å². The Morgan fingerprint density at radius 3 is 2.22 bits per heavy atom. The summed E-state index contributed by atoms with van der Waals surface area (Å²) in [6, 6.07) is 11.6. The second-order valence-electron chi connectivity index (χ2n) is 5.47. The van der Waals surface area contributed by atoms with E-state index in [1.54, 1.807) is 6.07 Å². The molecule has 0 aromatic heterocycles. The summed E-state index contributed by atoms with van der Waals surface area (Å²) < 4.78 is 59.1. The predicted molar refractivity (Wildman–Crippen MR) is 94.9 cm³/mol. The number of nitrogens with one attached hydrogen (secondary N) is 1. The van der Waals surface area contributed by atoms with E-state index in [2.05, 4.69) is 4.72 Å². The van der Waals surface area contributed by atoms with Crippen molar-refractivity contribution in [1.82, 2.24) is 0 Å². The van der Waals surface area contributed by atoms with Crippen molar-refractivity contribution in [2.75, 3.05) is 10.5 Å². The summed E-state index contributed by atoms with van der Waals surface area (Å²) in [5.74, 6) is -0.480. The van der Waals surface area contributed by atoms with E-state index in [4.69, 9.17) is 10.3 Å². The van der Waals surface area contributed by atoms with Gasteiger partial charge in [-0.3, -0.25) is 9.27 Å². The molecule has 0 aliphatic rings. The fraction of sp³-hybridized carbons (Fsp3) is 0. The monoisotopic (exact) mass is 416 g/mol. The van der Waals surface area contributed by atoms with Crippen molar-refractivity contribution in [3.8, 4) is 5.75 Å². The summed E-state index contributed by atoms with van der Waals surface area (Å²) in [5.41, 5.74) is 5.49. The molecular weight excluding hydrogens is 403 g/mol. The molecule has 0 bridgehead atoms. The summed E-state index contributed by atoms with van der Waals surface area (Å²) in [6.45, 7) is 0. The van der Waals surface area contributed by atoms with Crippen LogP contribution in [0.3, 0.4) is 0 Å². The van der Waals surface area contributed by atoms with E-state index in [0.717, 1.165) is 18.2 Å². The van der Waals surface area contributed by atoms with Crippen molar-refractivity contribution in [2.24, 2.45) is 0 Å². The van der Waals surface area contributed by atoms with Crippen LogP contribution in [0.5, 0.6) is 5.75 Å². The molecule has 0 unspecified atom stereocenters. The zero-order chi connectivity index (χ0) is 19.1. The van der Waals surface area contributed by atoms with Gasteiger partial charge in [0.05, 0.1) is 15.5 Å². The van der Waals surface area contributed by atoms with Crippen LogP contribution in [0.15, 0.2) is 64.4 Å². The molecule has 0 radical (unpaired) electrons. The number of nitrogens with two attached hydrogens (primary N) is 1. The first kappa shape index (κ1) is 21.5. The SMILES string of the molecule is Nc1cc(S(=O)(=O)Nc2cccc3cc(S(=O)(=O)O)ccc23)ccc1[O-].[Na+]. The van der Waals surface area contributed by atoms with Gasteiger partial charge in [-0.15, -0.1) is 0 Å². The van der Waals surface area contributed by atoms with Gasteiger partial charge in [-0.1, -0.05) is 30.0 Å². The van der Waals surface area contributed by atoms with Crippen LogP contribution >= 0.6 is 0 Å². The molecule has 0 aliphatic carbocycles. The topological polar surface area (TPSA) is 150 Å². The zero-order valence-corrected chi connectivity index (χ0v) is 17.7. The number of sulfonamides is 1. The van der Waals surface area contributed by atoms with E-state index < -0.39 is 25.9 Å². The molecule has 3 aromatic rings. The van der Waals surface area contributed by atoms with Gasteiger partial charge in [0.25, 0.3) is 20.1 Å². The maximum Gasteiger partial charge on any atom is 1.00 e. The van der Waals surface area contributed by atoms with E-state index in [0.29, 0.717) is 10.8 Å². The fourth-order valence-electron chi connectivity index (χ4n) is 2.41. The summed E-state index contributed by atoms with van der Waals surface area (Å²) in [5, 5.41) is 12.2. The van der Waals surface area contributed by atoms with Gasteiger partial charge < -0.3 is 10.8 Å². The van der Waals surface area contributed by atoms with E-state index >= 15 is 0 Å². The molecular formula is C16H13N2NaO6S2. The van der Waals surface area contributed by atoms with Gasteiger partial charge in [0.1, 0.15) is 0 Å². The number of nitrogen functional groups attached to an aromatic ring is 1. The van der Waals surface area contributed by atoms with Gasteiger partial charge in [-0.25, -0.2) is 8.42 Å². The molecule has 0 heterocycles. The average molecular weight is 416 g/mol. The van der Waals surface area contributed by atoms with Crippen LogP contribution in [0.4, 0.5) is 11.4 Å². The van der Waals surface area contributed by atoms with Crippen LogP contribution < -0.4 is 45.1 Å². The Kier molecular flexibility index (Phi) is 6.10. The molecule has 27 heavy (non-hydrogen) atoms. The Bertz CT molecular complexity index is 1230. The molecule has 0 aliphatic heterocycles. The summed E-state index contributed by atoms with van der Waals surface area (Å²) in [6.07, 6.45) is 0. The van der Waals surface area contributed by atoms with Crippen LogP contribution in [-0.4, -0.2) is 21.4 Å². The Morgan fingerprint density at radius 1 is 0.926 bits per heavy atom. The fourth-order valence-corrected chi connectivity index (χ4v) is 4.04. The molecule has 0 saturated carbocycles. The molecule has 3 aromatic carbocycles. The van der Waals surface area contributed by atoms with Gasteiger partial charge in [0.2, 0.25) is 0 Å². The first-order valence-electron chi connectivity index (χ1n) is 7.17. The Morgan fingerprint density at radius 2 is 1.59 bits per heavy atom. The Hall–Kier alpha value is -1.82. The van der Waals surface area contributed by atoms with Crippen LogP contribution in [0, 0.1) is 0 Å². The van der Waals surface area contributed by atoms with Gasteiger partial charge >= 0.3 is 29.6 Å². The third-order valence-electron chi connectivity index (χ3n) is 3.69. The molecule has 136 valence electrons. The number of anilines is 2. The summed E-state index contributed by atoms with van der Waals surface area (Å²) in [4.78, 5) is -0.482. The van der Waals surface area contributed by atoms with Gasteiger partial charge in [0.15, 0.2) is 0 Å². The minimum absolute atomic E-state index is 0. The average Bonchev–Trinajstić information content (AvgIpc) is 2.56. The first-order chi connectivity index (χ1) is 12.1. The molecule has 0 atom stereocenters. The Balaban J connectivity index is 0.00000261. The molecule has 0 fully saturated rings. The molecule has 11 heteroatoms. The van der Waals surface area contributed by atoms with Gasteiger partial charge in [-0.2, -0.15) is 8.42 Å². The van der Waals surface area contributed by atoms with Crippen molar-refractivity contribution in [3.63, 3.8) is 0 Å². The first-order valence-corrected chi connectivity index (χ1v) is 10.1. The minimum Gasteiger partial charge on any atom is -0.871 e. The minimum atomic E-state index is -4.38. The predicted octanol–water partition coefficient (Wildman–Crippen LogP) is -1.45. The van der Waals surface area contributed by atoms with Crippen LogP contribution in [0.1, 0.15) is 0 Å². The molecule has 4 N–H and O–H groups in total. The second-order valence-corrected chi connectivity index (χ2v) is 8.57. The normalized spacial score (nSPS) is 11.7. The van der Waals surface area contributed by atoms with E-state index in [-0.39, 0.29) is 50.7 Å². The maximum atomic E-state index is 12.5. The van der Waals surface area contributed by atoms with Crippen molar-refractivity contribution in [1.29, 1.82) is 0 Å².